The van der Waals surface area contributed by atoms with Gasteiger partial charge < -0.3 is 10.1 Å². The molecule has 0 saturated heterocycles. The van der Waals surface area contributed by atoms with Crippen molar-refractivity contribution in [3.8, 4) is 17.1 Å². The van der Waals surface area contributed by atoms with Crippen LogP contribution in [-0.4, -0.2) is 32.8 Å². The van der Waals surface area contributed by atoms with Gasteiger partial charge in [0.2, 0.25) is 5.88 Å². The highest BCUT2D eigenvalue weighted by Gasteiger charge is 2.33. The number of nitrogens with one attached hydrogen (secondary N) is 1. The second kappa shape index (κ2) is 7.77. The van der Waals surface area contributed by atoms with Gasteiger partial charge in [-0.25, -0.2) is 9.97 Å². The molecule has 4 rings (SSSR count). The number of amides is 1. The highest BCUT2D eigenvalue weighted by Crippen LogP contribution is 2.31. The van der Waals surface area contributed by atoms with E-state index in [0.717, 1.165) is 23.7 Å². The first-order valence-corrected chi connectivity index (χ1v) is 9.28. The first kappa shape index (κ1) is 19.9. The van der Waals surface area contributed by atoms with Gasteiger partial charge in [0, 0.05) is 24.4 Å². The summed E-state index contributed by atoms with van der Waals surface area (Å²) >= 11 is 0. The third-order valence-corrected chi connectivity index (χ3v) is 4.85. The summed E-state index contributed by atoms with van der Waals surface area (Å²) in [5.41, 5.74) is 0.920. The van der Waals surface area contributed by atoms with Gasteiger partial charge in [0.1, 0.15) is 11.4 Å². The number of halogens is 3. The lowest BCUT2D eigenvalue weighted by Gasteiger charge is -2.24. The van der Waals surface area contributed by atoms with E-state index in [1.807, 2.05) is 6.07 Å². The van der Waals surface area contributed by atoms with Crippen LogP contribution in [0, 0.1) is 0 Å². The Hall–Kier alpha value is -3.43. The van der Waals surface area contributed by atoms with Crippen molar-refractivity contribution < 1.29 is 22.7 Å². The van der Waals surface area contributed by atoms with Gasteiger partial charge in [-0.1, -0.05) is 6.07 Å². The Morgan fingerprint density at radius 1 is 1.27 bits per heavy atom. The number of carbonyl (C=O) groups is 1. The summed E-state index contributed by atoms with van der Waals surface area (Å²) in [5.74, 6) is -0.202. The van der Waals surface area contributed by atoms with Gasteiger partial charge in [-0.05, 0) is 37.1 Å². The fraction of sp³-hybridized carbons (Fsp3) is 0.300. The number of carbonyl (C=O) groups excluding carboxylic acids is 1. The molecular formula is C20H18F3N5O2. The first-order chi connectivity index (χ1) is 14.3. The van der Waals surface area contributed by atoms with E-state index < -0.39 is 17.8 Å². The highest BCUT2D eigenvalue weighted by atomic mass is 19.4. The molecular weight excluding hydrogens is 399 g/mol. The molecule has 1 atom stereocenters. The van der Waals surface area contributed by atoms with Crippen LogP contribution >= 0.6 is 0 Å². The fourth-order valence-corrected chi connectivity index (χ4v) is 3.40. The van der Waals surface area contributed by atoms with Crippen LogP contribution in [0.15, 0.2) is 42.6 Å². The van der Waals surface area contributed by atoms with Crippen molar-refractivity contribution in [3.05, 3.63) is 59.7 Å². The zero-order valence-corrected chi connectivity index (χ0v) is 16.0. The number of pyridine rings is 2. The molecule has 3 aromatic heterocycles. The van der Waals surface area contributed by atoms with Gasteiger partial charge in [-0.2, -0.15) is 18.3 Å². The van der Waals surface area contributed by atoms with Crippen molar-refractivity contribution in [2.45, 2.75) is 31.6 Å². The average molecular weight is 417 g/mol. The van der Waals surface area contributed by atoms with Crippen molar-refractivity contribution in [2.75, 3.05) is 7.11 Å². The lowest BCUT2D eigenvalue weighted by molar-refractivity contribution is -0.141. The molecule has 1 aliphatic rings. The van der Waals surface area contributed by atoms with Crippen molar-refractivity contribution >= 4 is 5.91 Å². The maximum Gasteiger partial charge on any atom is 0.433 e. The minimum atomic E-state index is -4.61. The second-order valence-corrected chi connectivity index (χ2v) is 6.84. The number of rotatable bonds is 4. The Bertz CT molecular complexity index is 1080. The summed E-state index contributed by atoms with van der Waals surface area (Å²) in [6.45, 7) is 0.686. The van der Waals surface area contributed by atoms with Crippen LogP contribution in [0.3, 0.4) is 0 Å². The summed E-state index contributed by atoms with van der Waals surface area (Å²) in [4.78, 5) is 20.1. The van der Waals surface area contributed by atoms with Crippen LogP contribution in [0.5, 0.6) is 5.88 Å². The van der Waals surface area contributed by atoms with E-state index in [-0.39, 0.29) is 11.7 Å². The van der Waals surface area contributed by atoms with Crippen LogP contribution in [-0.2, 0) is 12.7 Å². The predicted molar refractivity (Wildman–Crippen MR) is 101 cm³/mol. The summed E-state index contributed by atoms with van der Waals surface area (Å²) in [5, 5.41) is 7.38. The van der Waals surface area contributed by atoms with Crippen molar-refractivity contribution in [3.63, 3.8) is 0 Å². The quantitative estimate of drug-likeness (QED) is 0.701. The van der Waals surface area contributed by atoms with Crippen LogP contribution in [0.2, 0.25) is 0 Å². The Morgan fingerprint density at radius 2 is 2.10 bits per heavy atom. The molecule has 0 aliphatic carbocycles. The zero-order chi connectivity index (χ0) is 21.3. The number of aromatic nitrogens is 4. The molecule has 156 valence electrons. The fourth-order valence-electron chi connectivity index (χ4n) is 3.40. The SMILES string of the molecule is COc1cc(-c2cc3n(n2)CCCC3NC(=O)c2cccc(C(F)(F)F)n2)ccn1. The van der Waals surface area contributed by atoms with Gasteiger partial charge in [0.25, 0.3) is 5.91 Å². The van der Waals surface area contributed by atoms with Gasteiger partial charge >= 0.3 is 6.18 Å². The summed E-state index contributed by atoms with van der Waals surface area (Å²) in [6.07, 6.45) is -1.57. The van der Waals surface area contributed by atoms with Crippen molar-refractivity contribution in [2.24, 2.45) is 0 Å². The molecule has 3 aromatic rings. The normalized spacial score (nSPS) is 16.1. The number of methoxy groups -OCH3 is 1. The summed E-state index contributed by atoms with van der Waals surface area (Å²) in [7, 11) is 1.53. The number of aryl methyl sites for hydroxylation is 1. The van der Waals surface area contributed by atoms with Crippen molar-refractivity contribution in [1.82, 2.24) is 25.1 Å². The number of hydrogen-bond acceptors (Lipinski definition) is 5. The summed E-state index contributed by atoms with van der Waals surface area (Å²) in [6, 6.07) is 8.31. The highest BCUT2D eigenvalue weighted by molar-refractivity contribution is 5.92. The maximum atomic E-state index is 12.9. The number of ether oxygens (including phenoxy) is 1. The van der Waals surface area contributed by atoms with Crippen molar-refractivity contribution in [1.29, 1.82) is 0 Å². The van der Waals surface area contributed by atoms with E-state index in [0.29, 0.717) is 24.5 Å². The molecule has 0 saturated carbocycles. The second-order valence-electron chi connectivity index (χ2n) is 6.84. The van der Waals surface area contributed by atoms with E-state index in [9.17, 15) is 18.0 Å². The Balaban J connectivity index is 1.58. The average Bonchev–Trinajstić information content (AvgIpc) is 3.19. The standard InChI is InChI=1S/C20H18F3N5O2/c1-30-18-10-12(7-8-24-18)15-11-16-13(5-3-9-28(16)27-15)26-19(29)14-4-2-6-17(25-14)20(21,22)23/h2,4,6-8,10-11,13H,3,5,9H2,1H3,(H,26,29). The van der Waals surface area contributed by atoms with Gasteiger partial charge in [0.15, 0.2) is 0 Å². The van der Waals surface area contributed by atoms with Gasteiger partial charge in [-0.15, -0.1) is 0 Å². The molecule has 0 spiro atoms. The maximum absolute atomic E-state index is 12.9. The molecule has 0 bridgehead atoms. The van der Waals surface area contributed by atoms with Crippen LogP contribution in [0.25, 0.3) is 11.3 Å². The largest absolute Gasteiger partial charge is 0.481 e. The molecule has 10 heteroatoms. The Labute approximate surface area is 169 Å². The van der Waals surface area contributed by atoms with Crippen LogP contribution < -0.4 is 10.1 Å². The molecule has 1 amide bonds. The lowest BCUT2D eigenvalue weighted by Crippen LogP contribution is -2.33. The molecule has 30 heavy (non-hydrogen) atoms. The Kier molecular flexibility index (Phi) is 5.15. The third-order valence-electron chi connectivity index (χ3n) is 4.85. The predicted octanol–water partition coefficient (Wildman–Crippen LogP) is 3.63. The smallest absolute Gasteiger partial charge is 0.433 e. The van der Waals surface area contributed by atoms with E-state index in [4.69, 9.17) is 4.74 Å². The van der Waals surface area contributed by atoms with Gasteiger partial charge in [0.05, 0.1) is 24.5 Å². The molecule has 4 heterocycles. The topological polar surface area (TPSA) is 81.9 Å². The lowest BCUT2D eigenvalue weighted by atomic mass is 10.0. The third kappa shape index (κ3) is 3.98. The van der Waals surface area contributed by atoms with E-state index >= 15 is 0 Å². The van der Waals surface area contributed by atoms with E-state index in [1.165, 1.54) is 19.2 Å². The molecule has 0 aromatic carbocycles. The monoisotopic (exact) mass is 417 g/mol. The zero-order valence-electron chi connectivity index (χ0n) is 16.0. The first-order valence-electron chi connectivity index (χ1n) is 9.28. The number of nitrogens with zero attached hydrogens (tertiary/aromatic N) is 4. The molecule has 0 radical (unpaired) electrons. The van der Waals surface area contributed by atoms with Crippen LogP contribution in [0.4, 0.5) is 13.2 Å². The molecule has 0 fully saturated rings. The van der Waals surface area contributed by atoms with E-state index in [1.54, 1.807) is 23.0 Å². The number of alkyl halides is 3. The van der Waals surface area contributed by atoms with Crippen LogP contribution in [0.1, 0.15) is 40.8 Å². The summed E-state index contributed by atoms with van der Waals surface area (Å²) < 4.78 is 45.6. The molecule has 1 N–H and O–H groups in total. The van der Waals surface area contributed by atoms with Gasteiger partial charge in [-0.3, -0.25) is 9.48 Å². The molecule has 1 unspecified atom stereocenters. The Morgan fingerprint density at radius 3 is 2.87 bits per heavy atom. The number of hydrogen-bond donors (Lipinski definition) is 1. The number of fused-ring (bicyclic) bond motifs is 1. The molecule has 1 aliphatic heterocycles. The minimum absolute atomic E-state index is 0.277. The van der Waals surface area contributed by atoms with E-state index in [2.05, 4.69) is 20.4 Å². The molecule has 7 nitrogen and oxygen atoms in total. The minimum Gasteiger partial charge on any atom is -0.481 e.